The van der Waals surface area contributed by atoms with E-state index in [2.05, 4.69) is 26.1 Å². The number of carboxylic acids is 1. The predicted octanol–water partition coefficient (Wildman–Crippen LogP) is 2.52. The monoisotopic (exact) mass is 344 g/mol. The van der Waals surface area contributed by atoms with Crippen LogP contribution >= 0.6 is 27.3 Å². The molecule has 19 heavy (non-hydrogen) atoms. The number of carbonyl (C=O) groups is 2. The van der Waals surface area contributed by atoms with Crippen LogP contribution in [0.1, 0.15) is 27.9 Å². The number of aryl methyl sites for hydroxylation is 1. The van der Waals surface area contributed by atoms with Crippen LogP contribution in [0.15, 0.2) is 4.47 Å². The van der Waals surface area contributed by atoms with E-state index in [-0.39, 0.29) is 11.5 Å². The molecule has 0 fully saturated rings. The Morgan fingerprint density at radius 2 is 2.11 bits per heavy atom. The molecule has 0 aromatic carbocycles. The Balaban J connectivity index is 2.54. The van der Waals surface area contributed by atoms with E-state index in [1.807, 2.05) is 0 Å². The molecule has 2 rings (SSSR count). The second-order valence-corrected chi connectivity index (χ2v) is 5.57. The zero-order valence-electron chi connectivity index (χ0n) is 10.1. The SMILES string of the molecule is CC(=O)OCc1nnc2sc(C(=O)O)c(Br)c2c1C. The van der Waals surface area contributed by atoms with Gasteiger partial charge in [0.15, 0.2) is 0 Å². The molecule has 0 saturated heterocycles. The van der Waals surface area contributed by atoms with Crippen molar-refractivity contribution in [2.24, 2.45) is 0 Å². The molecule has 0 amide bonds. The van der Waals surface area contributed by atoms with Crippen LogP contribution in [0.3, 0.4) is 0 Å². The third-order valence-electron chi connectivity index (χ3n) is 2.51. The molecule has 0 aliphatic rings. The van der Waals surface area contributed by atoms with Crippen molar-refractivity contribution in [2.75, 3.05) is 0 Å². The fourth-order valence-electron chi connectivity index (χ4n) is 1.57. The number of ether oxygens (including phenoxy) is 1. The fourth-order valence-corrected chi connectivity index (χ4v) is 3.51. The first kappa shape index (κ1) is 13.9. The van der Waals surface area contributed by atoms with E-state index in [0.29, 0.717) is 20.4 Å². The molecule has 0 unspecified atom stereocenters. The highest BCUT2D eigenvalue weighted by Gasteiger charge is 2.20. The van der Waals surface area contributed by atoms with E-state index in [1.54, 1.807) is 6.92 Å². The van der Waals surface area contributed by atoms with E-state index in [0.717, 1.165) is 16.9 Å². The maximum atomic E-state index is 11.1. The van der Waals surface area contributed by atoms with E-state index in [4.69, 9.17) is 9.84 Å². The number of carbonyl (C=O) groups excluding carboxylic acids is 1. The van der Waals surface area contributed by atoms with Gasteiger partial charge in [0.25, 0.3) is 0 Å². The Labute approximate surface area is 120 Å². The maximum Gasteiger partial charge on any atom is 0.347 e. The third kappa shape index (κ3) is 2.59. The molecule has 1 N–H and O–H groups in total. The van der Waals surface area contributed by atoms with Crippen LogP contribution in [0.4, 0.5) is 0 Å². The highest BCUT2D eigenvalue weighted by Crippen LogP contribution is 2.36. The van der Waals surface area contributed by atoms with Crippen molar-refractivity contribution in [1.29, 1.82) is 0 Å². The van der Waals surface area contributed by atoms with Gasteiger partial charge in [-0.1, -0.05) is 0 Å². The number of fused-ring (bicyclic) bond motifs is 1. The standard InChI is InChI=1S/C11H9BrN2O4S/c1-4-6(3-18-5(2)15)13-14-10-7(4)8(12)9(19-10)11(16)17/h3H2,1-2H3,(H,16,17). The molecule has 0 aliphatic heterocycles. The normalized spacial score (nSPS) is 10.7. The summed E-state index contributed by atoms with van der Waals surface area (Å²) < 4.78 is 5.36. The molecular weight excluding hydrogens is 336 g/mol. The Bertz CT molecular complexity index is 683. The molecule has 2 aromatic rings. The Morgan fingerprint density at radius 1 is 1.42 bits per heavy atom. The van der Waals surface area contributed by atoms with E-state index in [1.165, 1.54) is 6.92 Å². The van der Waals surface area contributed by atoms with Crippen molar-refractivity contribution in [3.05, 3.63) is 20.6 Å². The maximum absolute atomic E-state index is 11.1. The van der Waals surface area contributed by atoms with Gasteiger partial charge in [-0.3, -0.25) is 4.79 Å². The van der Waals surface area contributed by atoms with Gasteiger partial charge in [0, 0.05) is 12.3 Å². The Kier molecular flexibility index (Phi) is 3.81. The summed E-state index contributed by atoms with van der Waals surface area (Å²) in [6.45, 7) is 3.12. The first-order valence-electron chi connectivity index (χ1n) is 5.22. The molecule has 2 heterocycles. The number of hydrogen-bond donors (Lipinski definition) is 1. The molecule has 0 aliphatic carbocycles. The summed E-state index contributed by atoms with van der Waals surface area (Å²) >= 11 is 4.32. The average Bonchev–Trinajstić information content (AvgIpc) is 2.66. The lowest BCUT2D eigenvalue weighted by molar-refractivity contribution is -0.142. The van der Waals surface area contributed by atoms with Gasteiger partial charge < -0.3 is 9.84 Å². The van der Waals surface area contributed by atoms with Crippen molar-refractivity contribution in [3.8, 4) is 0 Å². The number of thiophene rings is 1. The van der Waals surface area contributed by atoms with Crippen molar-refractivity contribution in [3.63, 3.8) is 0 Å². The zero-order valence-corrected chi connectivity index (χ0v) is 12.5. The van der Waals surface area contributed by atoms with Gasteiger partial charge in [-0.2, -0.15) is 5.10 Å². The van der Waals surface area contributed by atoms with Crippen molar-refractivity contribution >= 4 is 49.4 Å². The minimum atomic E-state index is -1.02. The van der Waals surface area contributed by atoms with Gasteiger partial charge >= 0.3 is 11.9 Å². The quantitative estimate of drug-likeness (QED) is 0.860. The minimum Gasteiger partial charge on any atom is -0.477 e. The van der Waals surface area contributed by atoms with Crippen LogP contribution in [-0.4, -0.2) is 27.2 Å². The first-order valence-corrected chi connectivity index (χ1v) is 6.83. The smallest absolute Gasteiger partial charge is 0.347 e. The second-order valence-electron chi connectivity index (χ2n) is 3.78. The van der Waals surface area contributed by atoms with Crippen LogP contribution in [0.5, 0.6) is 0 Å². The average molecular weight is 345 g/mol. The van der Waals surface area contributed by atoms with Crippen LogP contribution in [0.2, 0.25) is 0 Å². The van der Waals surface area contributed by atoms with Crippen molar-refractivity contribution < 1.29 is 19.4 Å². The third-order valence-corrected chi connectivity index (χ3v) is 4.62. The van der Waals surface area contributed by atoms with Gasteiger partial charge in [0.05, 0.1) is 4.47 Å². The molecule has 2 aromatic heterocycles. The summed E-state index contributed by atoms with van der Waals surface area (Å²) in [5.74, 6) is -1.42. The zero-order chi connectivity index (χ0) is 14.2. The lowest BCUT2D eigenvalue weighted by Gasteiger charge is -2.05. The number of rotatable bonds is 3. The molecule has 0 spiro atoms. The molecule has 0 atom stereocenters. The predicted molar refractivity (Wildman–Crippen MR) is 72.3 cm³/mol. The Morgan fingerprint density at radius 3 is 2.68 bits per heavy atom. The van der Waals surface area contributed by atoms with Crippen LogP contribution in [0.25, 0.3) is 10.2 Å². The number of carboxylic acid groups (broad SMARTS) is 1. The summed E-state index contributed by atoms with van der Waals surface area (Å²) in [5.41, 5.74) is 1.26. The first-order chi connectivity index (χ1) is 8.91. The summed E-state index contributed by atoms with van der Waals surface area (Å²) in [5, 5.41) is 17.7. The topological polar surface area (TPSA) is 89.4 Å². The lowest BCUT2D eigenvalue weighted by Crippen LogP contribution is -2.04. The minimum absolute atomic E-state index is 0.0226. The number of hydrogen-bond acceptors (Lipinski definition) is 6. The highest BCUT2D eigenvalue weighted by atomic mass is 79.9. The molecule has 0 radical (unpaired) electrons. The lowest BCUT2D eigenvalue weighted by atomic mass is 10.1. The van der Waals surface area contributed by atoms with E-state index >= 15 is 0 Å². The highest BCUT2D eigenvalue weighted by molar-refractivity contribution is 9.10. The number of esters is 1. The second kappa shape index (κ2) is 5.22. The van der Waals surface area contributed by atoms with Gasteiger partial charge in [0.1, 0.15) is 22.0 Å². The van der Waals surface area contributed by atoms with Crippen molar-refractivity contribution in [1.82, 2.24) is 10.2 Å². The summed E-state index contributed by atoms with van der Waals surface area (Å²) in [6.07, 6.45) is 0. The molecule has 0 saturated carbocycles. The molecule has 6 nitrogen and oxygen atoms in total. The molecule has 100 valence electrons. The van der Waals surface area contributed by atoms with Crippen LogP contribution in [-0.2, 0) is 16.1 Å². The Hall–Kier alpha value is -1.54. The summed E-state index contributed by atoms with van der Waals surface area (Å²) in [6, 6.07) is 0. The van der Waals surface area contributed by atoms with Crippen molar-refractivity contribution in [2.45, 2.75) is 20.5 Å². The van der Waals surface area contributed by atoms with Gasteiger partial charge in [-0.05, 0) is 28.4 Å². The largest absolute Gasteiger partial charge is 0.477 e. The van der Waals surface area contributed by atoms with Gasteiger partial charge in [0.2, 0.25) is 0 Å². The van der Waals surface area contributed by atoms with E-state index < -0.39 is 11.9 Å². The number of nitrogens with zero attached hydrogens (tertiary/aromatic N) is 2. The van der Waals surface area contributed by atoms with Crippen LogP contribution in [0, 0.1) is 6.92 Å². The number of aromatic nitrogens is 2. The van der Waals surface area contributed by atoms with E-state index in [9.17, 15) is 9.59 Å². The van der Waals surface area contributed by atoms with Crippen LogP contribution < -0.4 is 0 Å². The molecule has 0 bridgehead atoms. The summed E-state index contributed by atoms with van der Waals surface area (Å²) in [7, 11) is 0. The van der Waals surface area contributed by atoms with Gasteiger partial charge in [-0.15, -0.1) is 16.4 Å². The summed E-state index contributed by atoms with van der Waals surface area (Å²) in [4.78, 5) is 22.6. The number of aromatic carboxylic acids is 1. The molecule has 8 heteroatoms. The molecular formula is C11H9BrN2O4S. The van der Waals surface area contributed by atoms with Gasteiger partial charge in [-0.25, -0.2) is 4.79 Å². The number of halogens is 1. The fraction of sp³-hybridized carbons (Fsp3) is 0.273.